The summed E-state index contributed by atoms with van der Waals surface area (Å²) in [4.78, 5) is 0. The molecule has 0 saturated heterocycles. The Labute approximate surface area is 49.5 Å². The Bertz CT molecular complexity index is 136. The van der Waals surface area contributed by atoms with Gasteiger partial charge in [-0.1, -0.05) is 12.2 Å². The minimum atomic E-state index is 1.19. The first-order valence-electron chi connectivity index (χ1n) is 2.44. The van der Waals surface area contributed by atoms with Gasteiger partial charge in [-0.05, 0) is 19.1 Å². The minimum Gasteiger partial charge on any atom is -0.308 e. The molecule has 0 amide bonds. The zero-order valence-corrected chi connectivity index (χ0v) is 4.89. The molecule has 0 aromatic rings. The van der Waals surface area contributed by atoms with Crippen molar-refractivity contribution in [2.45, 2.75) is 6.92 Å². The standard InChI is InChI=1S/C7H9N/c1-2-3-4-5-6-7-8/h2-4,6-8H,1H3. The first-order valence-corrected chi connectivity index (χ1v) is 2.44. The fourth-order valence-corrected chi connectivity index (χ4v) is 0.255. The molecule has 0 fully saturated rings. The van der Waals surface area contributed by atoms with Gasteiger partial charge in [0, 0.05) is 6.21 Å². The highest BCUT2D eigenvalue weighted by atomic mass is 14.3. The lowest BCUT2D eigenvalue weighted by Crippen LogP contribution is -1.48. The van der Waals surface area contributed by atoms with Gasteiger partial charge in [0.25, 0.3) is 0 Å². The predicted octanol–water partition coefficient (Wildman–Crippen LogP) is 1.92. The van der Waals surface area contributed by atoms with Crippen LogP contribution in [0.5, 0.6) is 0 Å². The molecule has 0 radical (unpaired) electrons. The molecule has 42 valence electrons. The number of rotatable bonds is 2. The SMILES string of the molecule is CC=CC=C=CC=N. The summed E-state index contributed by atoms with van der Waals surface area (Å²) in [6.45, 7) is 1.93. The van der Waals surface area contributed by atoms with E-state index in [2.05, 4.69) is 5.73 Å². The van der Waals surface area contributed by atoms with E-state index < -0.39 is 0 Å². The molecule has 0 aliphatic carbocycles. The van der Waals surface area contributed by atoms with Crippen LogP contribution in [0.25, 0.3) is 0 Å². The van der Waals surface area contributed by atoms with E-state index in [4.69, 9.17) is 5.41 Å². The Morgan fingerprint density at radius 2 is 2.12 bits per heavy atom. The van der Waals surface area contributed by atoms with Crippen LogP contribution in [0.2, 0.25) is 0 Å². The highest BCUT2D eigenvalue weighted by Gasteiger charge is 1.51. The second kappa shape index (κ2) is 5.93. The molecule has 0 heterocycles. The lowest BCUT2D eigenvalue weighted by atomic mass is 10.5. The molecule has 0 atom stereocenters. The van der Waals surface area contributed by atoms with Crippen molar-refractivity contribution < 1.29 is 0 Å². The van der Waals surface area contributed by atoms with Crippen molar-refractivity contribution >= 4 is 6.21 Å². The Kier molecular flexibility index (Phi) is 5.14. The summed E-state index contributed by atoms with van der Waals surface area (Å²) in [6.07, 6.45) is 8.26. The highest BCUT2D eigenvalue weighted by Crippen LogP contribution is 1.69. The van der Waals surface area contributed by atoms with Crippen molar-refractivity contribution in [1.29, 1.82) is 5.41 Å². The molecule has 0 spiro atoms. The molecule has 8 heavy (non-hydrogen) atoms. The van der Waals surface area contributed by atoms with Crippen LogP contribution in [0, 0.1) is 5.41 Å². The molecule has 0 bridgehead atoms. The van der Waals surface area contributed by atoms with Crippen molar-refractivity contribution in [1.82, 2.24) is 0 Å². The summed E-state index contributed by atoms with van der Waals surface area (Å²) in [5.74, 6) is 0. The molecule has 0 rings (SSSR count). The van der Waals surface area contributed by atoms with E-state index >= 15 is 0 Å². The Morgan fingerprint density at radius 1 is 1.38 bits per heavy atom. The third-order valence-corrected chi connectivity index (χ3v) is 0.564. The minimum absolute atomic E-state index is 1.19. The van der Waals surface area contributed by atoms with E-state index in [0.717, 1.165) is 0 Å². The Balaban J connectivity index is 3.63. The molecule has 0 unspecified atom stereocenters. The first-order chi connectivity index (χ1) is 3.91. The van der Waals surface area contributed by atoms with Gasteiger partial charge in [-0.3, -0.25) is 0 Å². The maximum atomic E-state index is 6.55. The summed E-state index contributed by atoms with van der Waals surface area (Å²) in [6, 6.07) is 0. The number of allylic oxidation sites excluding steroid dienone is 3. The van der Waals surface area contributed by atoms with Crippen LogP contribution in [0.1, 0.15) is 6.92 Å². The zero-order chi connectivity index (χ0) is 6.24. The van der Waals surface area contributed by atoms with Crippen molar-refractivity contribution in [3.05, 3.63) is 30.0 Å². The van der Waals surface area contributed by atoms with E-state index in [9.17, 15) is 0 Å². The fourth-order valence-electron chi connectivity index (χ4n) is 0.255. The first kappa shape index (κ1) is 6.93. The van der Waals surface area contributed by atoms with Gasteiger partial charge >= 0.3 is 0 Å². The van der Waals surface area contributed by atoms with Crippen molar-refractivity contribution in [2.24, 2.45) is 0 Å². The average Bonchev–Trinajstić information content (AvgIpc) is 1.81. The van der Waals surface area contributed by atoms with Crippen molar-refractivity contribution in [2.75, 3.05) is 0 Å². The van der Waals surface area contributed by atoms with Gasteiger partial charge in [0.2, 0.25) is 0 Å². The molecule has 0 aliphatic rings. The van der Waals surface area contributed by atoms with Gasteiger partial charge in [0.15, 0.2) is 0 Å². The fraction of sp³-hybridized carbons (Fsp3) is 0.143. The molecule has 1 nitrogen and oxygen atoms in total. The lowest BCUT2D eigenvalue weighted by molar-refractivity contribution is 1.58. The van der Waals surface area contributed by atoms with Gasteiger partial charge in [-0.25, -0.2) is 0 Å². The number of hydrogen-bond donors (Lipinski definition) is 1. The van der Waals surface area contributed by atoms with Crippen LogP contribution in [0.4, 0.5) is 0 Å². The van der Waals surface area contributed by atoms with Crippen LogP contribution in [0.15, 0.2) is 30.0 Å². The van der Waals surface area contributed by atoms with E-state index in [1.807, 2.05) is 19.1 Å². The summed E-state index contributed by atoms with van der Waals surface area (Å²) < 4.78 is 0. The molecule has 0 aromatic carbocycles. The van der Waals surface area contributed by atoms with Gasteiger partial charge in [0.1, 0.15) is 0 Å². The molecule has 0 aromatic heterocycles. The van der Waals surface area contributed by atoms with Crippen molar-refractivity contribution in [3.63, 3.8) is 0 Å². The summed E-state index contributed by atoms with van der Waals surface area (Å²) in [5.41, 5.74) is 2.76. The Morgan fingerprint density at radius 3 is 2.62 bits per heavy atom. The quantitative estimate of drug-likeness (QED) is 0.316. The molecule has 0 saturated carbocycles. The second-order valence-electron chi connectivity index (χ2n) is 1.19. The summed E-state index contributed by atoms with van der Waals surface area (Å²) in [7, 11) is 0. The number of hydrogen-bond acceptors (Lipinski definition) is 1. The van der Waals surface area contributed by atoms with Crippen molar-refractivity contribution in [3.8, 4) is 0 Å². The molecular weight excluding hydrogens is 98.1 g/mol. The van der Waals surface area contributed by atoms with Crippen LogP contribution >= 0.6 is 0 Å². The van der Waals surface area contributed by atoms with Gasteiger partial charge in [0.05, 0.1) is 0 Å². The predicted molar refractivity (Wildman–Crippen MR) is 36.3 cm³/mol. The molecule has 1 heteroatoms. The van der Waals surface area contributed by atoms with Crippen LogP contribution in [0.3, 0.4) is 0 Å². The second-order valence-corrected chi connectivity index (χ2v) is 1.19. The monoisotopic (exact) mass is 107 g/mol. The van der Waals surface area contributed by atoms with E-state index in [1.165, 1.54) is 6.21 Å². The van der Waals surface area contributed by atoms with Gasteiger partial charge in [-0.2, -0.15) is 0 Å². The summed E-state index contributed by atoms with van der Waals surface area (Å²) >= 11 is 0. The van der Waals surface area contributed by atoms with Crippen LogP contribution < -0.4 is 0 Å². The van der Waals surface area contributed by atoms with Crippen LogP contribution in [-0.2, 0) is 0 Å². The third kappa shape index (κ3) is 4.93. The normalized spacial score (nSPS) is 8.12. The Hall–Kier alpha value is -1.07. The molecular formula is C7H9N. The smallest absolute Gasteiger partial charge is 0.0254 e. The third-order valence-electron chi connectivity index (χ3n) is 0.564. The zero-order valence-electron chi connectivity index (χ0n) is 4.89. The topological polar surface area (TPSA) is 23.9 Å². The van der Waals surface area contributed by atoms with E-state index in [0.29, 0.717) is 0 Å². The molecule has 1 N–H and O–H groups in total. The van der Waals surface area contributed by atoms with Gasteiger partial charge in [-0.15, -0.1) is 5.73 Å². The van der Waals surface area contributed by atoms with E-state index in [1.54, 1.807) is 12.2 Å². The number of nitrogens with one attached hydrogen (secondary N) is 1. The maximum Gasteiger partial charge on any atom is 0.0254 e. The average molecular weight is 107 g/mol. The largest absolute Gasteiger partial charge is 0.308 e. The lowest BCUT2D eigenvalue weighted by Gasteiger charge is -1.61. The van der Waals surface area contributed by atoms with Gasteiger partial charge < -0.3 is 5.41 Å². The maximum absolute atomic E-state index is 6.55. The van der Waals surface area contributed by atoms with E-state index in [-0.39, 0.29) is 0 Å². The van der Waals surface area contributed by atoms with Crippen LogP contribution in [-0.4, -0.2) is 6.21 Å². The highest BCUT2D eigenvalue weighted by molar-refractivity contribution is 5.67. The summed E-state index contributed by atoms with van der Waals surface area (Å²) in [5, 5.41) is 6.55. The molecule has 0 aliphatic heterocycles.